The average Bonchev–Trinajstić information content (AvgIpc) is 3.02. The van der Waals surface area contributed by atoms with Crippen LogP contribution in [0.2, 0.25) is 0 Å². The first-order valence-corrected chi connectivity index (χ1v) is 14.1. The van der Waals surface area contributed by atoms with E-state index in [0.717, 1.165) is 18.3 Å². The molecule has 0 amide bonds. The fraction of sp³-hybridized carbons (Fsp3) is 0.871. The maximum Gasteiger partial charge on any atom is 0.0569 e. The van der Waals surface area contributed by atoms with E-state index in [1.807, 2.05) is 11.1 Å². The van der Waals surface area contributed by atoms with E-state index >= 15 is 0 Å². The Bertz CT molecular complexity index is 773. The summed E-state index contributed by atoms with van der Waals surface area (Å²) in [5.74, 6) is 3.51. The predicted molar refractivity (Wildman–Crippen MR) is 137 cm³/mol. The van der Waals surface area contributed by atoms with Gasteiger partial charge in [-0.1, -0.05) is 71.3 Å². The molecule has 0 saturated heterocycles. The van der Waals surface area contributed by atoms with E-state index in [4.69, 9.17) is 0 Å². The number of hydrogen-bond donors (Lipinski definition) is 1. The molecule has 1 heteroatoms. The van der Waals surface area contributed by atoms with Crippen molar-refractivity contribution < 1.29 is 5.11 Å². The van der Waals surface area contributed by atoms with E-state index in [-0.39, 0.29) is 6.10 Å². The predicted octanol–water partition coefficient (Wildman–Crippen LogP) is 8.73. The molecule has 4 aliphatic carbocycles. The molecule has 2 fully saturated rings. The highest BCUT2D eigenvalue weighted by Crippen LogP contribution is 2.71. The van der Waals surface area contributed by atoms with Crippen LogP contribution in [0, 0.1) is 45.8 Å². The van der Waals surface area contributed by atoms with Gasteiger partial charge in [-0.05, 0) is 117 Å². The lowest BCUT2D eigenvalue weighted by Gasteiger charge is -2.60. The first-order chi connectivity index (χ1) is 15.0. The van der Waals surface area contributed by atoms with Crippen molar-refractivity contribution in [2.75, 3.05) is 0 Å². The molecule has 0 aromatic carbocycles. The van der Waals surface area contributed by atoms with Crippen molar-refractivity contribution in [1.29, 1.82) is 0 Å². The molecule has 1 N–H and O–H groups in total. The maximum atomic E-state index is 10.6. The Morgan fingerprint density at radius 3 is 2.38 bits per heavy atom. The van der Waals surface area contributed by atoms with Crippen LogP contribution in [-0.2, 0) is 0 Å². The summed E-state index contributed by atoms with van der Waals surface area (Å²) in [6.45, 7) is 19.8. The lowest BCUT2D eigenvalue weighted by atomic mass is 9.45. The molecule has 1 nitrogen and oxygen atoms in total. The van der Waals surface area contributed by atoms with E-state index in [2.05, 4.69) is 61.5 Å². The molecule has 0 spiro atoms. The Labute approximate surface area is 199 Å². The van der Waals surface area contributed by atoms with E-state index in [0.29, 0.717) is 34.0 Å². The van der Waals surface area contributed by atoms with Gasteiger partial charge in [-0.2, -0.15) is 0 Å². The monoisotopic (exact) mass is 440 g/mol. The highest BCUT2D eigenvalue weighted by molar-refractivity contribution is 5.38. The zero-order valence-corrected chi connectivity index (χ0v) is 22.6. The van der Waals surface area contributed by atoms with Crippen LogP contribution in [0.4, 0.5) is 0 Å². The van der Waals surface area contributed by atoms with Crippen molar-refractivity contribution in [3.8, 4) is 0 Å². The van der Waals surface area contributed by atoms with Crippen LogP contribution in [-0.4, -0.2) is 11.2 Å². The van der Waals surface area contributed by atoms with E-state index in [9.17, 15) is 5.11 Å². The minimum absolute atomic E-state index is 0.0794. The number of aliphatic hydroxyl groups excluding tert-OH is 1. The van der Waals surface area contributed by atoms with Crippen molar-refractivity contribution in [2.24, 2.45) is 45.8 Å². The summed E-state index contributed by atoms with van der Waals surface area (Å²) in [5, 5.41) is 10.6. The number of fused-ring (bicyclic) bond motifs is 4. The van der Waals surface area contributed by atoms with Gasteiger partial charge in [0.1, 0.15) is 0 Å². The number of rotatable bonds is 5. The van der Waals surface area contributed by atoms with Crippen LogP contribution in [0.3, 0.4) is 0 Å². The van der Waals surface area contributed by atoms with Crippen molar-refractivity contribution in [1.82, 2.24) is 0 Å². The van der Waals surface area contributed by atoms with Gasteiger partial charge < -0.3 is 5.11 Å². The van der Waals surface area contributed by atoms with Gasteiger partial charge in [-0.25, -0.2) is 0 Å². The molecule has 0 heterocycles. The summed E-state index contributed by atoms with van der Waals surface area (Å²) in [6.07, 6.45) is 15.3. The number of hydrogen-bond acceptors (Lipinski definition) is 1. The Balaban J connectivity index is 1.59. The van der Waals surface area contributed by atoms with Gasteiger partial charge in [-0.3, -0.25) is 0 Å². The largest absolute Gasteiger partial charge is 0.393 e. The molecular weight excluding hydrogens is 388 g/mol. The smallest absolute Gasteiger partial charge is 0.0569 e. The molecular formula is C31H52O. The van der Waals surface area contributed by atoms with Crippen LogP contribution < -0.4 is 0 Å². The molecule has 182 valence electrons. The van der Waals surface area contributed by atoms with Crippen LogP contribution in [0.5, 0.6) is 0 Å². The highest BCUT2D eigenvalue weighted by atomic mass is 16.3. The third-order valence-corrected chi connectivity index (χ3v) is 12.1. The summed E-state index contributed by atoms with van der Waals surface area (Å²) < 4.78 is 0. The van der Waals surface area contributed by atoms with Gasteiger partial charge >= 0.3 is 0 Å². The van der Waals surface area contributed by atoms with Crippen LogP contribution >= 0.6 is 0 Å². The standard InChI is InChI=1S/C31H52O/c1-9-23(20(2)3)11-10-21(4)24-14-18-31(8)27-13-12-25-22(5)28(32)16-17-29(25,6)26(27)15-19-30(24,31)7/h9,20-22,24-25,28,32H,10-19H2,1-8H3/b23-9+/t21-,22+,24-,25+,28+,29+,30-,31+/m1/s1. The Hall–Kier alpha value is -0.560. The van der Waals surface area contributed by atoms with Gasteiger partial charge in [0.15, 0.2) is 0 Å². The molecule has 2 saturated carbocycles. The van der Waals surface area contributed by atoms with Gasteiger partial charge in [0.2, 0.25) is 0 Å². The van der Waals surface area contributed by atoms with Crippen LogP contribution in [0.15, 0.2) is 22.8 Å². The second kappa shape index (κ2) is 8.58. The maximum absolute atomic E-state index is 10.6. The van der Waals surface area contributed by atoms with E-state index < -0.39 is 0 Å². The quantitative estimate of drug-likeness (QED) is 0.424. The fourth-order valence-electron chi connectivity index (χ4n) is 9.61. The normalized spacial score (nSPS) is 45.5. The third kappa shape index (κ3) is 3.50. The topological polar surface area (TPSA) is 20.2 Å². The zero-order chi connectivity index (χ0) is 23.5. The third-order valence-electron chi connectivity index (χ3n) is 12.1. The lowest BCUT2D eigenvalue weighted by molar-refractivity contribution is -0.0413. The molecule has 8 atom stereocenters. The Morgan fingerprint density at radius 2 is 1.72 bits per heavy atom. The summed E-state index contributed by atoms with van der Waals surface area (Å²) in [6, 6.07) is 0. The minimum atomic E-state index is -0.0794. The average molecular weight is 441 g/mol. The van der Waals surface area contributed by atoms with Crippen LogP contribution in [0.25, 0.3) is 0 Å². The van der Waals surface area contributed by atoms with Gasteiger partial charge in [-0.15, -0.1) is 0 Å². The second-order valence-corrected chi connectivity index (χ2v) is 13.4. The summed E-state index contributed by atoms with van der Waals surface area (Å²) in [7, 11) is 0. The molecule has 0 aliphatic heterocycles. The molecule has 0 radical (unpaired) electrons. The number of allylic oxidation sites excluding steroid dienone is 4. The van der Waals surface area contributed by atoms with E-state index in [1.165, 1.54) is 57.8 Å². The molecule has 32 heavy (non-hydrogen) atoms. The molecule has 4 aliphatic rings. The minimum Gasteiger partial charge on any atom is -0.393 e. The molecule has 0 aromatic heterocycles. The molecule has 4 rings (SSSR count). The Morgan fingerprint density at radius 1 is 1.00 bits per heavy atom. The molecule has 0 bridgehead atoms. The Kier molecular flexibility index (Phi) is 6.59. The lowest BCUT2D eigenvalue weighted by Crippen LogP contribution is -2.51. The van der Waals surface area contributed by atoms with Gasteiger partial charge in [0, 0.05) is 0 Å². The second-order valence-electron chi connectivity index (χ2n) is 13.4. The van der Waals surface area contributed by atoms with E-state index in [1.54, 1.807) is 5.57 Å². The number of aliphatic hydroxyl groups is 1. The molecule has 0 unspecified atom stereocenters. The first kappa shape index (κ1) is 24.6. The van der Waals surface area contributed by atoms with Gasteiger partial charge in [0.05, 0.1) is 6.10 Å². The highest BCUT2D eigenvalue weighted by Gasteiger charge is 2.62. The first-order valence-electron chi connectivity index (χ1n) is 14.1. The van der Waals surface area contributed by atoms with Crippen molar-refractivity contribution in [2.45, 2.75) is 126 Å². The fourth-order valence-corrected chi connectivity index (χ4v) is 9.61. The van der Waals surface area contributed by atoms with Crippen LogP contribution in [0.1, 0.15) is 120 Å². The SMILES string of the molecule is C/C=C(\CC[C@@H](C)[C@H]1CC[C@@]2(C)C3=C(CC[C@]12C)[C@@]1(C)CC[C@H](O)[C@@H](C)[C@@H]1CC3)C(C)C. The van der Waals surface area contributed by atoms with Gasteiger partial charge in [0.25, 0.3) is 0 Å². The summed E-state index contributed by atoms with van der Waals surface area (Å²) >= 11 is 0. The summed E-state index contributed by atoms with van der Waals surface area (Å²) in [5.41, 5.74) is 6.60. The zero-order valence-electron chi connectivity index (χ0n) is 22.6. The summed E-state index contributed by atoms with van der Waals surface area (Å²) in [4.78, 5) is 0. The molecule has 0 aromatic rings. The van der Waals surface area contributed by atoms with Crippen molar-refractivity contribution in [3.63, 3.8) is 0 Å². The van der Waals surface area contributed by atoms with Crippen molar-refractivity contribution in [3.05, 3.63) is 22.8 Å². The van der Waals surface area contributed by atoms with Crippen molar-refractivity contribution >= 4 is 0 Å².